The third-order valence-corrected chi connectivity index (χ3v) is 11.4. The number of allylic oxidation sites excluding steroid dienone is 20. The molecule has 0 saturated carbocycles. The lowest BCUT2D eigenvalue weighted by molar-refractivity contribution is -0.167. The number of ether oxygens (including phenoxy) is 3. The van der Waals surface area contributed by atoms with Gasteiger partial charge in [-0.3, -0.25) is 14.4 Å². The van der Waals surface area contributed by atoms with Gasteiger partial charge in [-0.1, -0.05) is 213 Å². The number of carbonyl (C=O) groups excluding carboxylic acids is 3. The SMILES string of the molecule is CC/C=C\C/C=C\C/C=C\C/C=C\CCCCCCC(=O)OC[C@H](COC(=O)CCC/C=C\C/C=C\C/C=C\C/C=C\CCCCC)OC(=O)CCCCCCCCC/C=C\C/C=C\CCCCC. The summed E-state index contributed by atoms with van der Waals surface area (Å²) in [6.07, 6.45) is 77.5. The van der Waals surface area contributed by atoms with Gasteiger partial charge in [0.25, 0.3) is 0 Å². The minimum absolute atomic E-state index is 0.114. The summed E-state index contributed by atoms with van der Waals surface area (Å²) in [6.45, 7) is 6.39. The minimum atomic E-state index is -0.819. The highest BCUT2D eigenvalue weighted by molar-refractivity contribution is 5.71. The molecule has 0 aliphatic rings. The van der Waals surface area contributed by atoms with Gasteiger partial charge in [0.2, 0.25) is 0 Å². The maximum absolute atomic E-state index is 12.9. The van der Waals surface area contributed by atoms with Crippen LogP contribution in [-0.4, -0.2) is 37.2 Å². The Labute approximate surface area is 424 Å². The third kappa shape index (κ3) is 54.6. The first-order chi connectivity index (χ1) is 34.0. The third-order valence-electron chi connectivity index (χ3n) is 11.4. The molecule has 1 atom stereocenters. The Morgan fingerprint density at radius 2 is 0.580 bits per heavy atom. The van der Waals surface area contributed by atoms with Crippen LogP contribution in [0.2, 0.25) is 0 Å². The fourth-order valence-electron chi connectivity index (χ4n) is 7.22. The van der Waals surface area contributed by atoms with E-state index in [1.54, 1.807) is 0 Å². The van der Waals surface area contributed by atoms with E-state index in [1.807, 2.05) is 0 Å². The Morgan fingerprint density at radius 1 is 0.304 bits per heavy atom. The van der Waals surface area contributed by atoms with E-state index in [9.17, 15) is 14.4 Å². The van der Waals surface area contributed by atoms with E-state index >= 15 is 0 Å². The second kappa shape index (κ2) is 56.4. The lowest BCUT2D eigenvalue weighted by atomic mass is 10.1. The van der Waals surface area contributed by atoms with E-state index in [0.29, 0.717) is 19.3 Å². The van der Waals surface area contributed by atoms with Crippen LogP contribution < -0.4 is 0 Å². The zero-order chi connectivity index (χ0) is 50.0. The second-order valence-electron chi connectivity index (χ2n) is 18.1. The van der Waals surface area contributed by atoms with E-state index in [0.717, 1.165) is 116 Å². The van der Waals surface area contributed by atoms with Crippen LogP contribution in [0.15, 0.2) is 122 Å². The Hall–Kier alpha value is -4.19. The number of unbranched alkanes of at least 4 members (excludes halogenated alkanes) is 18. The van der Waals surface area contributed by atoms with Gasteiger partial charge in [-0.05, 0) is 128 Å². The molecule has 0 heterocycles. The van der Waals surface area contributed by atoms with E-state index in [1.165, 1.54) is 77.0 Å². The predicted octanol–water partition coefficient (Wildman–Crippen LogP) is 18.9. The first-order valence-electron chi connectivity index (χ1n) is 28.0. The maximum Gasteiger partial charge on any atom is 0.306 e. The van der Waals surface area contributed by atoms with Crippen molar-refractivity contribution in [1.82, 2.24) is 0 Å². The molecule has 0 amide bonds. The Bertz CT molecular complexity index is 1470. The summed E-state index contributed by atoms with van der Waals surface area (Å²) >= 11 is 0. The number of hydrogen-bond donors (Lipinski definition) is 0. The van der Waals surface area contributed by atoms with Crippen LogP contribution in [0.25, 0.3) is 0 Å². The number of esters is 3. The zero-order valence-corrected chi connectivity index (χ0v) is 44.5. The van der Waals surface area contributed by atoms with Crippen molar-refractivity contribution in [3.05, 3.63) is 122 Å². The molecule has 0 rings (SSSR count). The van der Waals surface area contributed by atoms with Gasteiger partial charge >= 0.3 is 17.9 Å². The molecule has 0 N–H and O–H groups in total. The molecular formula is C63H102O6. The highest BCUT2D eigenvalue weighted by Crippen LogP contribution is 2.13. The molecule has 0 fully saturated rings. The van der Waals surface area contributed by atoms with Crippen molar-refractivity contribution in [3.8, 4) is 0 Å². The Kier molecular flexibility index (Phi) is 53.0. The molecule has 0 saturated heterocycles. The van der Waals surface area contributed by atoms with Crippen LogP contribution in [-0.2, 0) is 28.6 Å². The predicted molar refractivity (Wildman–Crippen MR) is 297 cm³/mol. The molecule has 0 aromatic heterocycles. The standard InChI is InChI=1S/C63H102O6/c1-4-7-10-13-16-19-22-25-28-31-34-37-40-43-46-49-52-55-61(64)67-58-60(69-63(66)57-54-51-48-45-42-39-36-33-30-27-24-21-18-15-12-9-6-3)59-68-62(65)56-53-50-47-44-41-38-35-32-29-26-23-20-17-14-11-8-5-2/h7,10,16-21,25-30,34-35,37-38,44,47,60H,4-6,8-9,11-15,22-24,31-33,36,39-43,45-46,48-59H2,1-3H3/b10-7-,19-16-,20-17-,21-18-,28-25-,29-26-,30-27-,37-34-,38-35-,47-44-/t60-/m1/s1. The first-order valence-corrected chi connectivity index (χ1v) is 28.0. The zero-order valence-electron chi connectivity index (χ0n) is 44.5. The van der Waals surface area contributed by atoms with Crippen molar-refractivity contribution in [2.45, 2.75) is 245 Å². The highest BCUT2D eigenvalue weighted by atomic mass is 16.6. The van der Waals surface area contributed by atoms with Crippen LogP contribution in [0.4, 0.5) is 0 Å². The van der Waals surface area contributed by atoms with E-state index in [-0.39, 0.29) is 37.5 Å². The highest BCUT2D eigenvalue weighted by Gasteiger charge is 2.19. The maximum atomic E-state index is 12.9. The van der Waals surface area contributed by atoms with Crippen LogP contribution in [0.3, 0.4) is 0 Å². The molecule has 0 aromatic rings. The summed E-state index contributed by atoms with van der Waals surface area (Å²) in [5.74, 6) is -1.00. The van der Waals surface area contributed by atoms with Gasteiger partial charge in [0.1, 0.15) is 13.2 Å². The summed E-state index contributed by atoms with van der Waals surface area (Å²) in [7, 11) is 0. The monoisotopic (exact) mass is 955 g/mol. The van der Waals surface area contributed by atoms with Crippen LogP contribution in [0.5, 0.6) is 0 Å². The number of rotatable bonds is 49. The van der Waals surface area contributed by atoms with Crippen molar-refractivity contribution >= 4 is 17.9 Å². The molecule has 0 unspecified atom stereocenters. The van der Waals surface area contributed by atoms with E-state index < -0.39 is 6.10 Å². The average molecular weight is 956 g/mol. The molecular weight excluding hydrogens is 853 g/mol. The van der Waals surface area contributed by atoms with Crippen LogP contribution in [0.1, 0.15) is 239 Å². The second-order valence-corrected chi connectivity index (χ2v) is 18.1. The van der Waals surface area contributed by atoms with E-state index in [2.05, 4.69) is 142 Å². The molecule has 6 heteroatoms. The lowest BCUT2D eigenvalue weighted by Gasteiger charge is -2.18. The molecule has 0 bridgehead atoms. The van der Waals surface area contributed by atoms with Gasteiger partial charge in [0.05, 0.1) is 0 Å². The Morgan fingerprint density at radius 3 is 0.942 bits per heavy atom. The summed E-state index contributed by atoms with van der Waals surface area (Å²) < 4.78 is 16.8. The van der Waals surface area contributed by atoms with Crippen molar-refractivity contribution in [2.24, 2.45) is 0 Å². The van der Waals surface area contributed by atoms with Crippen molar-refractivity contribution in [1.29, 1.82) is 0 Å². The number of hydrogen-bond acceptors (Lipinski definition) is 6. The summed E-state index contributed by atoms with van der Waals surface area (Å²) in [5.41, 5.74) is 0. The van der Waals surface area contributed by atoms with Gasteiger partial charge < -0.3 is 14.2 Å². The van der Waals surface area contributed by atoms with Gasteiger partial charge in [-0.15, -0.1) is 0 Å². The Balaban J connectivity index is 4.55. The molecule has 390 valence electrons. The largest absolute Gasteiger partial charge is 0.462 e. The molecule has 0 spiro atoms. The van der Waals surface area contributed by atoms with Gasteiger partial charge in [-0.2, -0.15) is 0 Å². The van der Waals surface area contributed by atoms with Crippen molar-refractivity contribution < 1.29 is 28.6 Å². The van der Waals surface area contributed by atoms with E-state index in [4.69, 9.17) is 14.2 Å². The topological polar surface area (TPSA) is 78.9 Å². The van der Waals surface area contributed by atoms with Crippen LogP contribution in [0, 0.1) is 0 Å². The van der Waals surface area contributed by atoms with Gasteiger partial charge in [0, 0.05) is 19.3 Å². The first kappa shape index (κ1) is 64.8. The van der Waals surface area contributed by atoms with Crippen molar-refractivity contribution in [2.75, 3.05) is 13.2 Å². The van der Waals surface area contributed by atoms with Crippen LogP contribution >= 0.6 is 0 Å². The number of carbonyl (C=O) groups is 3. The lowest BCUT2D eigenvalue weighted by Crippen LogP contribution is -2.30. The van der Waals surface area contributed by atoms with Gasteiger partial charge in [0.15, 0.2) is 6.10 Å². The van der Waals surface area contributed by atoms with Gasteiger partial charge in [-0.25, -0.2) is 0 Å². The fraction of sp³-hybridized carbons (Fsp3) is 0.635. The molecule has 69 heavy (non-hydrogen) atoms. The molecule has 0 aliphatic carbocycles. The average Bonchev–Trinajstić information content (AvgIpc) is 3.35. The quantitative estimate of drug-likeness (QED) is 0.0262. The normalized spacial score (nSPS) is 13.0. The fourth-order valence-corrected chi connectivity index (χ4v) is 7.22. The van der Waals surface area contributed by atoms with Crippen molar-refractivity contribution in [3.63, 3.8) is 0 Å². The molecule has 0 aliphatic heterocycles. The summed E-state index contributed by atoms with van der Waals surface area (Å²) in [4.78, 5) is 38.1. The minimum Gasteiger partial charge on any atom is -0.462 e. The molecule has 0 aromatic carbocycles. The smallest absolute Gasteiger partial charge is 0.306 e. The summed E-state index contributed by atoms with van der Waals surface area (Å²) in [6, 6.07) is 0. The molecule has 6 nitrogen and oxygen atoms in total. The molecule has 0 radical (unpaired) electrons. The summed E-state index contributed by atoms with van der Waals surface area (Å²) in [5, 5.41) is 0.